The lowest BCUT2D eigenvalue weighted by Gasteiger charge is -2.11. The van der Waals surface area contributed by atoms with Gasteiger partial charge in [0.2, 0.25) is 0 Å². The van der Waals surface area contributed by atoms with Crippen LogP contribution >= 0.6 is 11.3 Å². The van der Waals surface area contributed by atoms with Crippen LogP contribution in [0.15, 0.2) is 29.9 Å². The van der Waals surface area contributed by atoms with Crippen molar-refractivity contribution in [3.05, 3.63) is 35.5 Å². The van der Waals surface area contributed by atoms with Gasteiger partial charge in [0.05, 0.1) is 10.6 Å². The molecule has 0 aliphatic carbocycles. The molecule has 0 spiro atoms. The number of nitrogen functional groups attached to an aromatic ring is 1. The largest absolute Gasteiger partial charge is 0.390 e. The number of amides is 1. The second-order valence-corrected chi connectivity index (χ2v) is 4.74. The van der Waals surface area contributed by atoms with Crippen molar-refractivity contribution < 1.29 is 4.79 Å². The number of nitrogens with zero attached hydrogens (tertiary/aromatic N) is 2. The molecule has 2 rings (SSSR count). The molecule has 2 N–H and O–H groups in total. The number of thiophene rings is 1. The predicted molar refractivity (Wildman–Crippen MR) is 70.0 cm³/mol. The first-order valence-corrected chi connectivity index (χ1v) is 5.98. The number of carbonyl (C=O) groups is 1. The molecule has 0 fully saturated rings. The summed E-state index contributed by atoms with van der Waals surface area (Å²) in [6.07, 6.45) is 3.40. The van der Waals surface area contributed by atoms with E-state index in [0.717, 1.165) is 11.1 Å². The molecule has 0 aliphatic heterocycles. The van der Waals surface area contributed by atoms with Crippen molar-refractivity contribution in [2.75, 3.05) is 19.8 Å². The van der Waals surface area contributed by atoms with E-state index < -0.39 is 0 Å². The van der Waals surface area contributed by atoms with Crippen molar-refractivity contribution in [1.29, 1.82) is 0 Å². The van der Waals surface area contributed by atoms with Gasteiger partial charge in [-0.1, -0.05) is 0 Å². The first kappa shape index (κ1) is 11.6. The van der Waals surface area contributed by atoms with Crippen LogP contribution in [0.3, 0.4) is 0 Å². The van der Waals surface area contributed by atoms with Crippen molar-refractivity contribution in [2.45, 2.75) is 0 Å². The molecule has 5 heteroatoms. The highest BCUT2D eigenvalue weighted by Gasteiger charge is 2.19. The maximum absolute atomic E-state index is 12.1. The summed E-state index contributed by atoms with van der Waals surface area (Å²) in [4.78, 5) is 17.6. The van der Waals surface area contributed by atoms with Crippen LogP contribution in [-0.4, -0.2) is 29.9 Å². The van der Waals surface area contributed by atoms with Crippen LogP contribution in [0, 0.1) is 0 Å². The molecular formula is C12H13N3OS. The lowest BCUT2D eigenvalue weighted by Crippen LogP contribution is -2.22. The Labute approximate surface area is 104 Å². The van der Waals surface area contributed by atoms with Crippen molar-refractivity contribution >= 4 is 22.2 Å². The highest BCUT2D eigenvalue weighted by molar-refractivity contribution is 7.15. The van der Waals surface area contributed by atoms with Gasteiger partial charge in [0.1, 0.15) is 0 Å². The van der Waals surface area contributed by atoms with Crippen LogP contribution in [0.25, 0.3) is 11.1 Å². The standard InChI is InChI=1S/C12H13N3OS/c1-15(2)12(16)10-9(7-17-11(10)13)8-3-5-14-6-4-8/h3-7H,13H2,1-2H3. The van der Waals surface area contributed by atoms with Crippen molar-refractivity contribution in [1.82, 2.24) is 9.88 Å². The Balaban J connectivity index is 2.54. The van der Waals surface area contributed by atoms with Gasteiger partial charge in [0, 0.05) is 37.4 Å². The lowest BCUT2D eigenvalue weighted by molar-refractivity contribution is 0.0830. The zero-order valence-electron chi connectivity index (χ0n) is 9.68. The number of nitrogens with two attached hydrogens (primary N) is 1. The summed E-state index contributed by atoms with van der Waals surface area (Å²) < 4.78 is 0. The second kappa shape index (κ2) is 4.55. The normalized spacial score (nSPS) is 10.2. The summed E-state index contributed by atoms with van der Waals surface area (Å²) >= 11 is 1.38. The Kier molecular flexibility index (Phi) is 3.10. The molecule has 88 valence electrons. The SMILES string of the molecule is CN(C)C(=O)c1c(-c2ccncc2)csc1N. The maximum Gasteiger partial charge on any atom is 0.256 e. The van der Waals surface area contributed by atoms with E-state index in [1.807, 2.05) is 17.5 Å². The van der Waals surface area contributed by atoms with E-state index in [0.29, 0.717) is 10.6 Å². The molecule has 2 aromatic rings. The van der Waals surface area contributed by atoms with Gasteiger partial charge in [-0.15, -0.1) is 11.3 Å². The maximum atomic E-state index is 12.1. The van der Waals surface area contributed by atoms with Gasteiger partial charge in [-0.2, -0.15) is 0 Å². The highest BCUT2D eigenvalue weighted by Crippen LogP contribution is 2.33. The molecule has 1 amide bonds. The first-order valence-electron chi connectivity index (χ1n) is 5.10. The summed E-state index contributed by atoms with van der Waals surface area (Å²) in [5.74, 6) is -0.0736. The van der Waals surface area contributed by atoms with Crippen molar-refractivity contribution in [3.8, 4) is 11.1 Å². The topological polar surface area (TPSA) is 59.2 Å². The molecule has 17 heavy (non-hydrogen) atoms. The number of carbonyl (C=O) groups excluding carboxylic acids is 1. The summed E-state index contributed by atoms with van der Waals surface area (Å²) in [7, 11) is 3.44. The zero-order valence-corrected chi connectivity index (χ0v) is 10.5. The van der Waals surface area contributed by atoms with E-state index in [1.54, 1.807) is 26.5 Å². The minimum atomic E-state index is -0.0736. The monoisotopic (exact) mass is 247 g/mol. The molecule has 0 unspecified atom stereocenters. The average molecular weight is 247 g/mol. The van der Waals surface area contributed by atoms with Gasteiger partial charge < -0.3 is 10.6 Å². The Hall–Kier alpha value is -1.88. The fraction of sp³-hybridized carbons (Fsp3) is 0.167. The van der Waals surface area contributed by atoms with Gasteiger partial charge >= 0.3 is 0 Å². The van der Waals surface area contributed by atoms with Crippen LogP contribution in [0.1, 0.15) is 10.4 Å². The van der Waals surface area contributed by atoms with E-state index in [-0.39, 0.29) is 5.91 Å². The van der Waals surface area contributed by atoms with Crippen LogP contribution in [0.5, 0.6) is 0 Å². The molecule has 0 aromatic carbocycles. The predicted octanol–water partition coefficient (Wildman–Crippen LogP) is 2.09. The quantitative estimate of drug-likeness (QED) is 0.884. The number of anilines is 1. The molecule has 2 heterocycles. The molecule has 0 saturated carbocycles. The summed E-state index contributed by atoms with van der Waals surface area (Å²) in [6.45, 7) is 0. The van der Waals surface area contributed by atoms with Gasteiger partial charge in [-0.3, -0.25) is 9.78 Å². The molecule has 0 atom stereocenters. The fourth-order valence-electron chi connectivity index (χ4n) is 1.56. The Morgan fingerprint density at radius 2 is 2.00 bits per heavy atom. The smallest absolute Gasteiger partial charge is 0.256 e. The van der Waals surface area contributed by atoms with Gasteiger partial charge in [-0.25, -0.2) is 0 Å². The third kappa shape index (κ3) is 2.14. The third-order valence-electron chi connectivity index (χ3n) is 2.43. The highest BCUT2D eigenvalue weighted by atomic mass is 32.1. The molecular weight excluding hydrogens is 234 g/mol. The molecule has 4 nitrogen and oxygen atoms in total. The van der Waals surface area contributed by atoms with Gasteiger partial charge in [0.15, 0.2) is 0 Å². The van der Waals surface area contributed by atoms with Crippen molar-refractivity contribution in [3.63, 3.8) is 0 Å². The summed E-state index contributed by atoms with van der Waals surface area (Å²) in [6, 6.07) is 3.74. The van der Waals surface area contributed by atoms with Gasteiger partial charge in [0.25, 0.3) is 5.91 Å². The first-order chi connectivity index (χ1) is 8.11. The van der Waals surface area contributed by atoms with E-state index in [4.69, 9.17) is 5.73 Å². The second-order valence-electron chi connectivity index (χ2n) is 3.82. The number of aromatic nitrogens is 1. The molecule has 0 aliphatic rings. The van der Waals surface area contributed by atoms with Crippen LogP contribution in [0.2, 0.25) is 0 Å². The van der Waals surface area contributed by atoms with Crippen LogP contribution in [0.4, 0.5) is 5.00 Å². The molecule has 0 radical (unpaired) electrons. The minimum Gasteiger partial charge on any atom is -0.390 e. The van der Waals surface area contributed by atoms with E-state index >= 15 is 0 Å². The molecule has 2 aromatic heterocycles. The fourth-order valence-corrected chi connectivity index (χ4v) is 2.37. The van der Waals surface area contributed by atoms with E-state index in [2.05, 4.69) is 4.98 Å². The third-order valence-corrected chi connectivity index (χ3v) is 3.24. The number of pyridine rings is 1. The Morgan fingerprint density at radius 1 is 1.35 bits per heavy atom. The van der Waals surface area contributed by atoms with Crippen LogP contribution in [-0.2, 0) is 0 Å². The number of hydrogen-bond acceptors (Lipinski definition) is 4. The summed E-state index contributed by atoms with van der Waals surface area (Å²) in [5, 5.41) is 2.46. The van der Waals surface area contributed by atoms with E-state index in [9.17, 15) is 4.79 Å². The Bertz CT molecular complexity index is 534. The van der Waals surface area contributed by atoms with Crippen LogP contribution < -0.4 is 5.73 Å². The summed E-state index contributed by atoms with van der Waals surface area (Å²) in [5.41, 5.74) is 8.27. The number of hydrogen-bond donors (Lipinski definition) is 1. The Morgan fingerprint density at radius 3 is 2.59 bits per heavy atom. The lowest BCUT2D eigenvalue weighted by atomic mass is 10.0. The number of rotatable bonds is 2. The van der Waals surface area contributed by atoms with E-state index in [1.165, 1.54) is 16.2 Å². The molecule has 0 saturated heterocycles. The van der Waals surface area contributed by atoms with Gasteiger partial charge in [-0.05, 0) is 17.7 Å². The molecule has 0 bridgehead atoms. The average Bonchev–Trinajstić information content (AvgIpc) is 2.71. The van der Waals surface area contributed by atoms with Crippen molar-refractivity contribution in [2.24, 2.45) is 0 Å². The zero-order chi connectivity index (χ0) is 12.4. The minimum absolute atomic E-state index is 0.0736.